The molecule has 3 heterocycles. The van der Waals surface area contributed by atoms with Crippen LogP contribution in [-0.2, 0) is 6.18 Å². The van der Waals surface area contributed by atoms with Gasteiger partial charge in [0, 0.05) is 43.5 Å². The lowest BCUT2D eigenvalue weighted by Crippen LogP contribution is -2.07. The second-order valence-electron chi connectivity index (χ2n) is 8.10. The summed E-state index contributed by atoms with van der Waals surface area (Å²) in [6.07, 6.45) is -0.699. The van der Waals surface area contributed by atoms with Gasteiger partial charge in [-0.1, -0.05) is 18.7 Å². The highest BCUT2D eigenvalue weighted by atomic mass is 19.4. The van der Waals surface area contributed by atoms with Gasteiger partial charge in [-0.3, -0.25) is 9.97 Å². The monoisotopic (exact) mass is 502 g/mol. The number of pyridine rings is 2. The third-order valence-electron chi connectivity index (χ3n) is 5.60. The number of anilines is 2. The van der Waals surface area contributed by atoms with Crippen LogP contribution in [0.4, 0.5) is 24.8 Å². The van der Waals surface area contributed by atoms with Crippen LogP contribution in [0.3, 0.4) is 0 Å². The average Bonchev–Trinajstić information content (AvgIpc) is 3.29. The van der Waals surface area contributed by atoms with Crippen molar-refractivity contribution in [3.05, 3.63) is 97.1 Å². The molecule has 10 heteroatoms. The van der Waals surface area contributed by atoms with Crippen molar-refractivity contribution in [2.45, 2.75) is 6.18 Å². The number of hydrogen-bond acceptors (Lipinski definition) is 6. The number of halogens is 3. The highest BCUT2D eigenvalue weighted by Gasteiger charge is 2.34. The van der Waals surface area contributed by atoms with Crippen molar-refractivity contribution in [3.63, 3.8) is 0 Å². The van der Waals surface area contributed by atoms with E-state index in [9.17, 15) is 13.2 Å². The van der Waals surface area contributed by atoms with Crippen LogP contribution >= 0.6 is 0 Å². The molecule has 5 rings (SSSR count). The maximum Gasteiger partial charge on any atom is 0.418 e. The van der Waals surface area contributed by atoms with Crippen LogP contribution in [0.25, 0.3) is 27.9 Å². The molecule has 2 aromatic carbocycles. The fourth-order valence-electron chi connectivity index (χ4n) is 3.79. The summed E-state index contributed by atoms with van der Waals surface area (Å²) in [7, 11) is 1.77. The molecule has 0 saturated heterocycles. The first-order valence-corrected chi connectivity index (χ1v) is 11.2. The van der Waals surface area contributed by atoms with Crippen molar-refractivity contribution in [1.29, 1.82) is 0 Å². The Balaban J connectivity index is 1.37. The summed E-state index contributed by atoms with van der Waals surface area (Å²) in [6, 6.07) is 17.0. The molecule has 0 spiro atoms. The van der Waals surface area contributed by atoms with Gasteiger partial charge in [-0.2, -0.15) is 13.2 Å². The first kappa shape index (κ1) is 23.9. The van der Waals surface area contributed by atoms with Crippen LogP contribution in [0.2, 0.25) is 0 Å². The molecule has 186 valence electrons. The second kappa shape index (κ2) is 9.65. The number of H-pyrrole nitrogens is 1. The van der Waals surface area contributed by atoms with E-state index in [1.54, 1.807) is 61.8 Å². The molecule has 7 nitrogen and oxygen atoms in total. The Hall–Kier alpha value is -4.86. The van der Waals surface area contributed by atoms with Crippen molar-refractivity contribution in [3.8, 4) is 22.6 Å². The molecule has 5 aromatic rings. The molecule has 0 saturated carbocycles. The van der Waals surface area contributed by atoms with Crippen molar-refractivity contribution in [2.24, 2.45) is 0 Å². The summed E-state index contributed by atoms with van der Waals surface area (Å²) < 4.78 is 46.3. The Morgan fingerprint density at radius 3 is 2.65 bits per heavy atom. The minimum Gasteiger partial charge on any atom is -0.457 e. The van der Waals surface area contributed by atoms with Gasteiger partial charge in [0.1, 0.15) is 11.5 Å². The molecule has 3 N–H and O–H groups in total. The Labute approximate surface area is 210 Å². The largest absolute Gasteiger partial charge is 0.457 e. The molecule has 0 radical (unpaired) electrons. The maximum absolute atomic E-state index is 13.5. The predicted molar refractivity (Wildman–Crippen MR) is 136 cm³/mol. The van der Waals surface area contributed by atoms with Gasteiger partial charge >= 0.3 is 6.18 Å². The third kappa shape index (κ3) is 5.22. The number of ether oxygens (including phenoxy) is 1. The average molecular weight is 503 g/mol. The van der Waals surface area contributed by atoms with Crippen molar-refractivity contribution >= 4 is 28.4 Å². The quantitative estimate of drug-likeness (QED) is 0.228. The van der Waals surface area contributed by atoms with E-state index in [-0.39, 0.29) is 5.56 Å². The zero-order chi connectivity index (χ0) is 26.0. The fourth-order valence-corrected chi connectivity index (χ4v) is 3.79. The highest BCUT2D eigenvalue weighted by molar-refractivity contribution is 5.80. The molecule has 0 aliphatic carbocycles. The molecule has 0 bridgehead atoms. The highest BCUT2D eigenvalue weighted by Crippen LogP contribution is 2.37. The number of nitrogens with one attached hydrogen (secondary N) is 3. The smallest absolute Gasteiger partial charge is 0.418 e. The van der Waals surface area contributed by atoms with Gasteiger partial charge in [0.25, 0.3) is 0 Å². The summed E-state index contributed by atoms with van der Waals surface area (Å²) in [5.74, 6) is 1.62. The van der Waals surface area contributed by atoms with E-state index in [2.05, 4.69) is 37.1 Å². The van der Waals surface area contributed by atoms with Gasteiger partial charge in [0.2, 0.25) is 5.95 Å². The van der Waals surface area contributed by atoms with Crippen LogP contribution in [0, 0.1) is 0 Å². The van der Waals surface area contributed by atoms with Crippen LogP contribution in [0.5, 0.6) is 11.5 Å². The number of rotatable bonds is 7. The number of aromatic nitrogens is 4. The number of fused-ring (bicyclic) bond motifs is 1. The molecule has 0 aliphatic rings. The van der Waals surface area contributed by atoms with Crippen molar-refractivity contribution in [1.82, 2.24) is 25.3 Å². The molecule has 0 unspecified atom stereocenters. The lowest BCUT2D eigenvalue weighted by Gasteiger charge is -2.13. The maximum atomic E-state index is 13.5. The van der Waals surface area contributed by atoms with E-state index in [0.717, 1.165) is 11.7 Å². The number of nitrogens with zero attached hydrogens (tertiary/aromatic N) is 3. The Kier molecular flexibility index (Phi) is 6.22. The molecule has 0 fully saturated rings. The lowest BCUT2D eigenvalue weighted by atomic mass is 10.0. The van der Waals surface area contributed by atoms with Crippen LogP contribution in [0.15, 0.2) is 85.8 Å². The van der Waals surface area contributed by atoms with E-state index in [4.69, 9.17) is 4.74 Å². The molecular formula is C27H21F3N6O. The molecular weight excluding hydrogens is 481 g/mol. The van der Waals surface area contributed by atoms with Crippen molar-refractivity contribution < 1.29 is 17.9 Å². The summed E-state index contributed by atoms with van der Waals surface area (Å²) in [5.41, 5.74) is 3.00. The minimum atomic E-state index is -4.51. The van der Waals surface area contributed by atoms with E-state index in [0.29, 0.717) is 45.6 Å². The Morgan fingerprint density at radius 1 is 1.00 bits per heavy atom. The molecule has 0 atom stereocenters. The third-order valence-corrected chi connectivity index (χ3v) is 5.60. The first-order valence-electron chi connectivity index (χ1n) is 11.2. The summed E-state index contributed by atoms with van der Waals surface area (Å²) in [5, 5.41) is 6.08. The zero-order valence-corrected chi connectivity index (χ0v) is 19.6. The van der Waals surface area contributed by atoms with E-state index < -0.39 is 11.7 Å². The van der Waals surface area contributed by atoms with E-state index in [1.807, 2.05) is 6.07 Å². The van der Waals surface area contributed by atoms with E-state index >= 15 is 0 Å². The fraction of sp³-hybridized carbons (Fsp3) is 0.0741. The first-order chi connectivity index (χ1) is 17.8. The number of hydrogen-bond donors (Lipinski definition) is 3. The van der Waals surface area contributed by atoms with E-state index in [1.165, 1.54) is 12.3 Å². The van der Waals surface area contributed by atoms with Gasteiger partial charge in [0.15, 0.2) is 0 Å². The molecule has 3 aromatic heterocycles. The standard InChI is InChI=1S/C27H21F3N6O/c1-16(31-2)24-13-20(8-11-33-24)37-19-6-7-23-25(14-19)36-26(35-23)34-18-5-3-4-17(12-18)21-9-10-32-15-22(21)27(28,29)30/h3-15,31H,1H2,2H3,(H2,34,35,36). The second-order valence-corrected chi connectivity index (χ2v) is 8.10. The number of aromatic amines is 1. The molecule has 37 heavy (non-hydrogen) atoms. The summed E-state index contributed by atoms with van der Waals surface area (Å²) >= 11 is 0. The molecule has 0 amide bonds. The topological polar surface area (TPSA) is 87.8 Å². The summed E-state index contributed by atoms with van der Waals surface area (Å²) in [4.78, 5) is 15.6. The minimum absolute atomic E-state index is 0.0510. The predicted octanol–water partition coefficient (Wildman–Crippen LogP) is 6.76. The SMILES string of the molecule is C=C(NC)c1cc(Oc2ccc3[nH]c(Nc4cccc(-c5ccncc5C(F)(F)F)c4)nc3c2)ccn1. The number of benzene rings is 2. The lowest BCUT2D eigenvalue weighted by molar-refractivity contribution is -0.137. The Bertz CT molecular complexity index is 1590. The van der Waals surface area contributed by atoms with Gasteiger partial charge in [-0.25, -0.2) is 4.98 Å². The summed E-state index contributed by atoms with van der Waals surface area (Å²) in [6.45, 7) is 3.90. The van der Waals surface area contributed by atoms with Gasteiger partial charge in [-0.15, -0.1) is 0 Å². The van der Waals surface area contributed by atoms with Crippen LogP contribution < -0.4 is 15.4 Å². The molecule has 0 aliphatic heterocycles. The number of imidazole rings is 1. The van der Waals surface area contributed by atoms with Gasteiger partial charge in [0.05, 0.1) is 28.0 Å². The van der Waals surface area contributed by atoms with Gasteiger partial charge in [-0.05, 0) is 47.5 Å². The Morgan fingerprint density at radius 2 is 1.84 bits per heavy atom. The number of alkyl halides is 3. The normalized spacial score (nSPS) is 11.4. The van der Waals surface area contributed by atoms with Crippen molar-refractivity contribution in [2.75, 3.05) is 12.4 Å². The zero-order valence-electron chi connectivity index (χ0n) is 19.6. The van der Waals surface area contributed by atoms with Crippen LogP contribution in [0.1, 0.15) is 11.3 Å². The van der Waals surface area contributed by atoms with Crippen LogP contribution in [-0.4, -0.2) is 27.0 Å². The van der Waals surface area contributed by atoms with Gasteiger partial charge < -0.3 is 20.4 Å².